The summed E-state index contributed by atoms with van der Waals surface area (Å²) >= 11 is 5.18. The normalized spacial score (nSPS) is 12.9. The number of rotatable bonds is 4. The molecule has 0 fully saturated rings. The number of halogens is 1. The van der Waals surface area contributed by atoms with E-state index in [9.17, 15) is 0 Å². The highest BCUT2D eigenvalue weighted by Gasteiger charge is 2.15. The monoisotopic (exact) mass is 301 g/mol. The first-order valence-corrected chi connectivity index (χ1v) is 6.45. The molecule has 86 valence electrons. The van der Waals surface area contributed by atoms with Gasteiger partial charge in [0.1, 0.15) is 0 Å². The molecule has 0 aliphatic rings. The molecule has 0 saturated carbocycles. The molecule has 2 aromatic rings. The van der Waals surface area contributed by atoms with Crippen LogP contribution in [0.15, 0.2) is 15.9 Å². The quantitative estimate of drug-likeness (QED) is 0.931. The van der Waals surface area contributed by atoms with Crippen molar-refractivity contribution in [3.8, 4) is 0 Å². The van der Waals surface area contributed by atoms with Gasteiger partial charge in [-0.2, -0.15) is 4.80 Å². The molecule has 16 heavy (non-hydrogen) atoms. The van der Waals surface area contributed by atoms with Crippen LogP contribution in [0.2, 0.25) is 0 Å². The first-order chi connectivity index (χ1) is 7.69. The number of thiophene rings is 1. The average molecular weight is 302 g/mol. The average Bonchev–Trinajstić information content (AvgIpc) is 2.84. The minimum Gasteiger partial charge on any atom is -0.312 e. The molecule has 2 rings (SSSR count). The van der Waals surface area contributed by atoms with Crippen LogP contribution in [0.5, 0.6) is 0 Å². The van der Waals surface area contributed by atoms with Gasteiger partial charge in [-0.1, -0.05) is 0 Å². The maximum absolute atomic E-state index is 4.18. The standard InChI is InChI=1S/C9H12BrN5S/c1-11-6(7-3-4-8(10)16-7)5-9-12-14-15(2)13-9/h3-4,6,11H,5H2,1-2H3. The summed E-state index contributed by atoms with van der Waals surface area (Å²) in [5, 5.41) is 15.3. The van der Waals surface area contributed by atoms with E-state index in [0.29, 0.717) is 0 Å². The van der Waals surface area contributed by atoms with Crippen LogP contribution in [0, 0.1) is 0 Å². The van der Waals surface area contributed by atoms with Crippen LogP contribution in [0.4, 0.5) is 0 Å². The van der Waals surface area contributed by atoms with E-state index in [0.717, 1.165) is 16.0 Å². The lowest BCUT2D eigenvalue weighted by atomic mass is 10.1. The van der Waals surface area contributed by atoms with Gasteiger partial charge in [-0.05, 0) is 40.3 Å². The zero-order valence-corrected chi connectivity index (χ0v) is 11.4. The van der Waals surface area contributed by atoms with E-state index in [2.05, 4.69) is 48.8 Å². The number of aryl methyl sites for hydroxylation is 1. The van der Waals surface area contributed by atoms with Crippen molar-refractivity contribution in [2.75, 3.05) is 7.05 Å². The molecular formula is C9H12BrN5S. The summed E-state index contributed by atoms with van der Waals surface area (Å²) in [6, 6.07) is 4.39. The van der Waals surface area contributed by atoms with E-state index < -0.39 is 0 Å². The molecule has 0 radical (unpaired) electrons. The number of nitrogens with zero attached hydrogens (tertiary/aromatic N) is 4. The summed E-state index contributed by atoms with van der Waals surface area (Å²) in [5.41, 5.74) is 0. The lowest BCUT2D eigenvalue weighted by molar-refractivity contribution is 0.578. The predicted octanol–water partition coefficient (Wildman–Crippen LogP) is 1.54. The molecule has 0 aromatic carbocycles. The van der Waals surface area contributed by atoms with Crippen molar-refractivity contribution in [3.05, 3.63) is 26.6 Å². The van der Waals surface area contributed by atoms with Gasteiger partial charge < -0.3 is 5.32 Å². The Morgan fingerprint density at radius 3 is 2.88 bits per heavy atom. The van der Waals surface area contributed by atoms with Gasteiger partial charge in [0.25, 0.3) is 0 Å². The topological polar surface area (TPSA) is 55.6 Å². The Labute approximate surface area is 106 Å². The van der Waals surface area contributed by atoms with Gasteiger partial charge in [0, 0.05) is 17.3 Å². The lowest BCUT2D eigenvalue weighted by Gasteiger charge is -2.11. The zero-order chi connectivity index (χ0) is 11.5. The molecule has 7 heteroatoms. The van der Waals surface area contributed by atoms with Crippen molar-refractivity contribution in [1.82, 2.24) is 25.5 Å². The van der Waals surface area contributed by atoms with E-state index >= 15 is 0 Å². The molecule has 2 heterocycles. The third kappa shape index (κ3) is 2.66. The fraction of sp³-hybridized carbons (Fsp3) is 0.444. The Hall–Kier alpha value is -0.790. The van der Waals surface area contributed by atoms with Crippen molar-refractivity contribution in [2.45, 2.75) is 12.5 Å². The van der Waals surface area contributed by atoms with E-state index in [1.807, 2.05) is 7.05 Å². The highest BCUT2D eigenvalue weighted by Crippen LogP contribution is 2.28. The number of tetrazole rings is 1. The van der Waals surface area contributed by atoms with Crippen LogP contribution in [0.25, 0.3) is 0 Å². The third-order valence-corrected chi connectivity index (χ3v) is 3.96. The van der Waals surface area contributed by atoms with Gasteiger partial charge in [-0.3, -0.25) is 0 Å². The van der Waals surface area contributed by atoms with Gasteiger partial charge in [0.05, 0.1) is 10.8 Å². The smallest absolute Gasteiger partial charge is 0.176 e. The Bertz CT molecular complexity index is 466. The van der Waals surface area contributed by atoms with Crippen LogP contribution < -0.4 is 5.32 Å². The van der Waals surface area contributed by atoms with Crippen LogP contribution in [0.3, 0.4) is 0 Å². The fourth-order valence-corrected chi connectivity index (χ4v) is 2.98. The minimum atomic E-state index is 0.237. The van der Waals surface area contributed by atoms with Gasteiger partial charge in [-0.15, -0.1) is 21.5 Å². The highest BCUT2D eigenvalue weighted by molar-refractivity contribution is 9.11. The van der Waals surface area contributed by atoms with Crippen LogP contribution in [-0.2, 0) is 13.5 Å². The van der Waals surface area contributed by atoms with E-state index in [4.69, 9.17) is 0 Å². The number of hydrogen-bond acceptors (Lipinski definition) is 5. The van der Waals surface area contributed by atoms with E-state index in [-0.39, 0.29) is 6.04 Å². The first-order valence-electron chi connectivity index (χ1n) is 4.84. The Morgan fingerprint density at radius 2 is 2.38 bits per heavy atom. The molecule has 0 bridgehead atoms. The molecule has 1 N–H and O–H groups in total. The summed E-state index contributed by atoms with van der Waals surface area (Å²) in [5.74, 6) is 0.756. The molecule has 0 aliphatic carbocycles. The molecule has 0 spiro atoms. The van der Waals surface area contributed by atoms with E-state index in [1.165, 1.54) is 9.67 Å². The van der Waals surface area contributed by atoms with Gasteiger partial charge >= 0.3 is 0 Å². The first kappa shape index (κ1) is 11.7. The molecular weight excluding hydrogens is 290 g/mol. The van der Waals surface area contributed by atoms with Crippen molar-refractivity contribution >= 4 is 27.3 Å². The summed E-state index contributed by atoms with van der Waals surface area (Å²) < 4.78 is 1.13. The fourth-order valence-electron chi connectivity index (χ4n) is 1.45. The highest BCUT2D eigenvalue weighted by atomic mass is 79.9. The summed E-state index contributed by atoms with van der Waals surface area (Å²) in [6.07, 6.45) is 0.747. The third-order valence-electron chi connectivity index (χ3n) is 2.22. The largest absolute Gasteiger partial charge is 0.312 e. The molecule has 0 aliphatic heterocycles. The number of nitrogens with one attached hydrogen (secondary N) is 1. The minimum absolute atomic E-state index is 0.237. The van der Waals surface area contributed by atoms with Crippen LogP contribution >= 0.6 is 27.3 Å². The maximum atomic E-state index is 4.18. The van der Waals surface area contributed by atoms with Crippen molar-refractivity contribution in [1.29, 1.82) is 0 Å². The molecule has 5 nitrogen and oxygen atoms in total. The molecule has 1 atom stereocenters. The Balaban J connectivity index is 2.12. The SMILES string of the molecule is CNC(Cc1nnn(C)n1)c1ccc(Br)s1. The summed E-state index contributed by atoms with van der Waals surface area (Å²) in [6.45, 7) is 0. The molecule has 0 saturated heterocycles. The van der Waals surface area contributed by atoms with Crippen LogP contribution in [0.1, 0.15) is 16.7 Å². The van der Waals surface area contributed by atoms with E-state index in [1.54, 1.807) is 18.4 Å². The predicted molar refractivity (Wildman–Crippen MR) is 66.3 cm³/mol. The van der Waals surface area contributed by atoms with Crippen molar-refractivity contribution < 1.29 is 0 Å². The molecule has 1 unspecified atom stereocenters. The van der Waals surface area contributed by atoms with Gasteiger partial charge in [-0.25, -0.2) is 0 Å². The zero-order valence-electron chi connectivity index (χ0n) is 9.01. The Kier molecular flexibility index (Phi) is 3.67. The van der Waals surface area contributed by atoms with Gasteiger partial charge in [0.2, 0.25) is 0 Å². The number of likely N-dealkylation sites (N-methyl/N-ethyl adjacent to an activating group) is 1. The molecule has 0 amide bonds. The second-order valence-electron chi connectivity index (χ2n) is 3.38. The second-order valence-corrected chi connectivity index (χ2v) is 5.88. The second kappa shape index (κ2) is 5.03. The van der Waals surface area contributed by atoms with Crippen LogP contribution in [-0.4, -0.2) is 27.3 Å². The number of aromatic nitrogens is 4. The number of hydrogen-bond donors (Lipinski definition) is 1. The molecule has 2 aromatic heterocycles. The summed E-state index contributed by atoms with van der Waals surface area (Å²) in [4.78, 5) is 2.74. The lowest BCUT2D eigenvalue weighted by Crippen LogP contribution is -2.18. The maximum Gasteiger partial charge on any atom is 0.176 e. The summed E-state index contributed by atoms with van der Waals surface area (Å²) in [7, 11) is 3.71. The van der Waals surface area contributed by atoms with Crippen molar-refractivity contribution in [3.63, 3.8) is 0 Å². The Morgan fingerprint density at radius 1 is 1.56 bits per heavy atom. The van der Waals surface area contributed by atoms with Gasteiger partial charge in [0.15, 0.2) is 5.82 Å². The van der Waals surface area contributed by atoms with Crippen molar-refractivity contribution in [2.24, 2.45) is 7.05 Å².